The molecule has 1 amide bonds. The number of rotatable bonds is 3. The van der Waals surface area contributed by atoms with Crippen molar-refractivity contribution in [2.24, 2.45) is 0 Å². The Balaban J connectivity index is 2.19. The molecule has 2 aromatic rings. The lowest BCUT2D eigenvalue weighted by atomic mass is 10.2. The number of benzene rings is 1. The summed E-state index contributed by atoms with van der Waals surface area (Å²) in [6.45, 7) is 0. The standard InChI is InChI=1S/C11H6Cl2N4O3/c12-7-5-6(1-2-8(7)17(19)20)11(18)14-10-4-3-9(13)15-16-10/h1-5H,(H,14,16,18). The maximum Gasteiger partial charge on any atom is 0.287 e. The molecule has 0 fully saturated rings. The van der Waals surface area contributed by atoms with Gasteiger partial charge in [0.05, 0.1) is 4.92 Å². The van der Waals surface area contributed by atoms with E-state index in [9.17, 15) is 14.9 Å². The van der Waals surface area contributed by atoms with Gasteiger partial charge in [-0.1, -0.05) is 23.2 Å². The number of amides is 1. The maximum absolute atomic E-state index is 11.9. The maximum atomic E-state index is 11.9. The SMILES string of the molecule is O=C(Nc1ccc(Cl)nn1)c1ccc([N+](=O)[O-])c(Cl)c1. The van der Waals surface area contributed by atoms with Crippen LogP contribution in [-0.4, -0.2) is 21.0 Å². The average molecular weight is 313 g/mol. The molecule has 0 aliphatic heterocycles. The molecule has 7 nitrogen and oxygen atoms in total. The van der Waals surface area contributed by atoms with Crippen molar-refractivity contribution in [1.82, 2.24) is 10.2 Å². The lowest BCUT2D eigenvalue weighted by Crippen LogP contribution is -2.13. The zero-order chi connectivity index (χ0) is 14.7. The Kier molecular flexibility index (Phi) is 4.11. The summed E-state index contributed by atoms with van der Waals surface area (Å²) >= 11 is 11.3. The van der Waals surface area contributed by atoms with Gasteiger partial charge in [0.15, 0.2) is 11.0 Å². The van der Waals surface area contributed by atoms with Crippen LogP contribution in [-0.2, 0) is 0 Å². The molecule has 1 heterocycles. The highest BCUT2D eigenvalue weighted by Crippen LogP contribution is 2.25. The number of nitro benzene ring substituents is 1. The van der Waals surface area contributed by atoms with E-state index in [2.05, 4.69) is 15.5 Å². The number of aromatic nitrogens is 2. The molecule has 9 heteroatoms. The average Bonchev–Trinajstić information content (AvgIpc) is 2.40. The Morgan fingerprint density at radius 2 is 1.95 bits per heavy atom. The van der Waals surface area contributed by atoms with Gasteiger partial charge in [0, 0.05) is 11.6 Å². The minimum atomic E-state index is -0.630. The van der Waals surface area contributed by atoms with Gasteiger partial charge < -0.3 is 5.32 Å². The Hall–Kier alpha value is -2.25. The van der Waals surface area contributed by atoms with Crippen LogP contribution in [0.25, 0.3) is 0 Å². The number of nitrogens with zero attached hydrogens (tertiary/aromatic N) is 3. The zero-order valence-corrected chi connectivity index (χ0v) is 11.2. The monoisotopic (exact) mass is 312 g/mol. The molecule has 2 rings (SSSR count). The van der Waals surface area contributed by atoms with Crippen LogP contribution >= 0.6 is 23.2 Å². The highest BCUT2D eigenvalue weighted by Gasteiger charge is 2.15. The van der Waals surface area contributed by atoms with Gasteiger partial charge in [0.1, 0.15) is 5.02 Å². The molecule has 102 valence electrons. The Morgan fingerprint density at radius 3 is 2.50 bits per heavy atom. The molecule has 20 heavy (non-hydrogen) atoms. The Labute approximate surface area is 122 Å². The molecular weight excluding hydrogens is 307 g/mol. The minimum absolute atomic E-state index is 0.121. The van der Waals surface area contributed by atoms with Crippen molar-refractivity contribution in [3.05, 3.63) is 56.2 Å². The van der Waals surface area contributed by atoms with Crippen molar-refractivity contribution < 1.29 is 9.72 Å². The van der Waals surface area contributed by atoms with Crippen molar-refractivity contribution >= 4 is 40.6 Å². The van der Waals surface area contributed by atoms with Crippen molar-refractivity contribution in [2.75, 3.05) is 5.32 Å². The molecule has 0 saturated heterocycles. The molecule has 0 spiro atoms. The van der Waals surface area contributed by atoms with Crippen LogP contribution in [0.2, 0.25) is 10.2 Å². The lowest BCUT2D eigenvalue weighted by Gasteiger charge is -2.04. The van der Waals surface area contributed by atoms with Gasteiger partial charge >= 0.3 is 0 Å². The van der Waals surface area contributed by atoms with Crippen LogP contribution in [0.5, 0.6) is 0 Å². The quantitative estimate of drug-likeness (QED) is 0.694. The van der Waals surface area contributed by atoms with Gasteiger partial charge in [-0.05, 0) is 24.3 Å². The third-order valence-corrected chi connectivity index (χ3v) is 2.78. The summed E-state index contributed by atoms with van der Waals surface area (Å²) < 4.78 is 0. The molecule has 1 aromatic carbocycles. The zero-order valence-electron chi connectivity index (χ0n) is 9.71. The number of carbonyl (C=O) groups excluding carboxylic acids is 1. The molecule has 0 aliphatic carbocycles. The van der Waals surface area contributed by atoms with E-state index < -0.39 is 10.8 Å². The van der Waals surface area contributed by atoms with Crippen molar-refractivity contribution in [3.63, 3.8) is 0 Å². The fourth-order valence-corrected chi connectivity index (χ4v) is 1.72. The second-order valence-corrected chi connectivity index (χ2v) is 4.41. The molecule has 0 saturated carbocycles. The van der Waals surface area contributed by atoms with E-state index in [0.29, 0.717) is 0 Å². The molecular formula is C11H6Cl2N4O3. The third-order valence-electron chi connectivity index (χ3n) is 2.28. The van der Waals surface area contributed by atoms with Crippen LogP contribution in [0, 0.1) is 10.1 Å². The fourth-order valence-electron chi connectivity index (χ4n) is 1.37. The van der Waals surface area contributed by atoms with Crippen LogP contribution in [0.3, 0.4) is 0 Å². The van der Waals surface area contributed by atoms with Gasteiger partial charge in [-0.25, -0.2) is 0 Å². The van der Waals surface area contributed by atoms with E-state index in [1.54, 1.807) is 0 Å². The largest absolute Gasteiger partial charge is 0.305 e. The number of anilines is 1. The van der Waals surface area contributed by atoms with E-state index in [4.69, 9.17) is 23.2 Å². The number of nitrogens with one attached hydrogen (secondary N) is 1. The van der Waals surface area contributed by atoms with Crippen LogP contribution < -0.4 is 5.32 Å². The number of hydrogen-bond acceptors (Lipinski definition) is 5. The summed E-state index contributed by atoms with van der Waals surface area (Å²) in [4.78, 5) is 21.9. The second-order valence-electron chi connectivity index (χ2n) is 3.62. The topological polar surface area (TPSA) is 98.0 Å². The Morgan fingerprint density at radius 1 is 1.20 bits per heavy atom. The molecule has 0 radical (unpaired) electrons. The van der Waals surface area contributed by atoms with E-state index in [0.717, 1.165) is 6.07 Å². The normalized spacial score (nSPS) is 10.1. The van der Waals surface area contributed by atoms with Gasteiger partial charge in [-0.15, -0.1) is 10.2 Å². The summed E-state index contributed by atoms with van der Waals surface area (Å²) in [5.74, 6) is -0.313. The first-order valence-corrected chi connectivity index (χ1v) is 5.97. The summed E-state index contributed by atoms with van der Waals surface area (Å²) in [7, 11) is 0. The number of carbonyl (C=O) groups is 1. The predicted octanol–water partition coefficient (Wildman–Crippen LogP) is 2.94. The van der Waals surface area contributed by atoms with Crippen LogP contribution in [0.15, 0.2) is 30.3 Å². The fraction of sp³-hybridized carbons (Fsp3) is 0. The molecule has 1 N–H and O–H groups in total. The van der Waals surface area contributed by atoms with Gasteiger partial charge in [0.25, 0.3) is 11.6 Å². The molecule has 0 bridgehead atoms. The smallest absolute Gasteiger partial charge is 0.287 e. The number of halogens is 2. The van der Waals surface area contributed by atoms with Crippen molar-refractivity contribution in [2.45, 2.75) is 0 Å². The third kappa shape index (κ3) is 3.19. The van der Waals surface area contributed by atoms with E-state index >= 15 is 0 Å². The molecule has 0 atom stereocenters. The second kappa shape index (κ2) is 5.81. The first-order chi connectivity index (χ1) is 9.47. The first-order valence-electron chi connectivity index (χ1n) is 5.22. The summed E-state index contributed by atoms with van der Waals surface area (Å²) in [5.41, 5.74) is -0.105. The van der Waals surface area contributed by atoms with Crippen LogP contribution in [0.4, 0.5) is 11.5 Å². The summed E-state index contributed by atoms with van der Waals surface area (Å²) in [6.07, 6.45) is 0. The van der Waals surface area contributed by atoms with Gasteiger partial charge in [0.2, 0.25) is 0 Å². The Bertz CT molecular complexity index is 676. The molecule has 0 unspecified atom stereocenters. The van der Waals surface area contributed by atoms with Crippen LogP contribution in [0.1, 0.15) is 10.4 Å². The highest BCUT2D eigenvalue weighted by atomic mass is 35.5. The highest BCUT2D eigenvalue weighted by molar-refractivity contribution is 6.33. The van der Waals surface area contributed by atoms with E-state index in [1.807, 2.05) is 0 Å². The number of nitro groups is 1. The molecule has 1 aromatic heterocycles. The summed E-state index contributed by atoms with van der Waals surface area (Å²) in [6, 6.07) is 6.60. The summed E-state index contributed by atoms with van der Waals surface area (Å²) in [5, 5.41) is 20.4. The van der Waals surface area contributed by atoms with Gasteiger partial charge in [-0.2, -0.15) is 0 Å². The van der Waals surface area contributed by atoms with Crippen molar-refractivity contribution in [1.29, 1.82) is 0 Å². The van der Waals surface area contributed by atoms with E-state index in [1.165, 1.54) is 24.3 Å². The minimum Gasteiger partial charge on any atom is -0.305 e. The molecule has 0 aliphatic rings. The predicted molar refractivity (Wildman–Crippen MR) is 73.1 cm³/mol. The lowest BCUT2D eigenvalue weighted by molar-refractivity contribution is -0.384. The van der Waals surface area contributed by atoms with Gasteiger partial charge in [-0.3, -0.25) is 14.9 Å². The number of hydrogen-bond donors (Lipinski definition) is 1. The first kappa shape index (κ1) is 14.2. The van der Waals surface area contributed by atoms with E-state index in [-0.39, 0.29) is 27.2 Å². The van der Waals surface area contributed by atoms with Crippen molar-refractivity contribution in [3.8, 4) is 0 Å².